The number of fused-ring (bicyclic) bond motifs is 1. The predicted molar refractivity (Wildman–Crippen MR) is 112 cm³/mol. The van der Waals surface area contributed by atoms with E-state index in [1.54, 1.807) is 6.92 Å². The van der Waals surface area contributed by atoms with Gasteiger partial charge in [0.25, 0.3) is 0 Å². The molecule has 3 aromatic rings. The molecule has 0 bridgehead atoms. The number of hydrogen-bond donors (Lipinski definition) is 1. The third-order valence-electron chi connectivity index (χ3n) is 4.50. The topological polar surface area (TPSA) is 112 Å². The van der Waals surface area contributed by atoms with Crippen molar-refractivity contribution in [1.82, 2.24) is 5.32 Å². The molecule has 0 atom stereocenters. The number of ether oxygens (including phenoxy) is 2. The molecule has 3 rings (SSSR count). The smallest absolute Gasteiger partial charge is 0.340 e. The van der Waals surface area contributed by atoms with Gasteiger partial charge in [-0.3, -0.25) is 14.4 Å². The molecule has 0 radical (unpaired) electrons. The summed E-state index contributed by atoms with van der Waals surface area (Å²) in [6, 6.07) is 12.1. The fourth-order valence-corrected chi connectivity index (χ4v) is 3.17. The summed E-state index contributed by atoms with van der Waals surface area (Å²) in [6.07, 6.45) is -0.206. The number of carbonyl (C=O) groups excluding carboxylic acids is 3. The first-order chi connectivity index (χ1) is 14.7. The highest BCUT2D eigenvalue weighted by Gasteiger charge is 2.20. The summed E-state index contributed by atoms with van der Waals surface area (Å²) < 4.78 is 15.6. The maximum Gasteiger partial charge on any atom is 0.340 e. The lowest BCUT2D eigenvalue weighted by Gasteiger charge is -2.13. The summed E-state index contributed by atoms with van der Waals surface area (Å²) in [6.45, 7) is 4.39. The van der Waals surface area contributed by atoms with Gasteiger partial charge in [0.15, 0.2) is 0 Å². The zero-order chi connectivity index (χ0) is 22.5. The molecule has 0 saturated carbocycles. The molecule has 8 heteroatoms. The predicted octanol–water partition coefficient (Wildman–Crippen LogP) is 2.81. The Morgan fingerprint density at radius 1 is 1.00 bits per heavy atom. The van der Waals surface area contributed by atoms with Crippen LogP contribution in [0, 0.1) is 6.92 Å². The molecule has 0 saturated heterocycles. The van der Waals surface area contributed by atoms with Crippen LogP contribution in [0.5, 0.6) is 11.5 Å². The lowest BCUT2D eigenvalue weighted by molar-refractivity contribution is -0.132. The summed E-state index contributed by atoms with van der Waals surface area (Å²) in [4.78, 5) is 47.9. The average molecular weight is 423 g/mol. The molecule has 31 heavy (non-hydrogen) atoms. The second kappa shape index (κ2) is 9.25. The van der Waals surface area contributed by atoms with Crippen molar-refractivity contribution in [2.24, 2.45) is 0 Å². The van der Waals surface area contributed by atoms with Gasteiger partial charge in [-0.25, -0.2) is 4.79 Å². The van der Waals surface area contributed by atoms with Crippen LogP contribution in [0.15, 0.2) is 51.7 Å². The van der Waals surface area contributed by atoms with Crippen molar-refractivity contribution in [2.45, 2.75) is 33.7 Å². The summed E-state index contributed by atoms with van der Waals surface area (Å²) in [7, 11) is 0. The van der Waals surface area contributed by atoms with Crippen LogP contribution in [-0.4, -0.2) is 17.8 Å². The number of rotatable bonds is 6. The van der Waals surface area contributed by atoms with E-state index >= 15 is 0 Å². The Morgan fingerprint density at radius 2 is 1.68 bits per heavy atom. The van der Waals surface area contributed by atoms with Gasteiger partial charge in [-0.05, 0) is 18.1 Å². The molecule has 160 valence electrons. The Hall–Kier alpha value is -3.94. The largest absolute Gasteiger partial charge is 0.426 e. The van der Waals surface area contributed by atoms with E-state index in [1.807, 2.05) is 30.3 Å². The van der Waals surface area contributed by atoms with Crippen molar-refractivity contribution in [3.05, 3.63) is 69.6 Å². The van der Waals surface area contributed by atoms with Crippen molar-refractivity contribution in [3.8, 4) is 11.5 Å². The normalized spacial score (nSPS) is 10.5. The minimum Gasteiger partial charge on any atom is -0.426 e. The second-order valence-electron chi connectivity index (χ2n) is 6.91. The molecule has 1 N–H and O–H groups in total. The van der Waals surface area contributed by atoms with Gasteiger partial charge in [0.1, 0.15) is 17.1 Å². The van der Waals surface area contributed by atoms with Crippen LogP contribution in [0.3, 0.4) is 0 Å². The molecule has 8 nitrogen and oxygen atoms in total. The van der Waals surface area contributed by atoms with Crippen LogP contribution in [0.1, 0.15) is 30.5 Å². The molecule has 0 spiro atoms. The van der Waals surface area contributed by atoms with Crippen molar-refractivity contribution < 1.29 is 28.3 Å². The van der Waals surface area contributed by atoms with E-state index in [0.29, 0.717) is 17.5 Å². The van der Waals surface area contributed by atoms with E-state index in [-0.39, 0.29) is 35.0 Å². The maximum atomic E-state index is 12.6. The molecule has 2 aromatic carbocycles. The number of carbonyl (C=O) groups is 3. The molecular formula is C23H21NO7. The van der Waals surface area contributed by atoms with Crippen LogP contribution < -0.4 is 20.4 Å². The molecule has 0 aliphatic heterocycles. The number of aryl methyl sites for hydroxylation is 1. The molecular weight excluding hydrogens is 402 g/mol. The average Bonchev–Trinajstić information content (AvgIpc) is 2.69. The molecule has 0 fully saturated rings. The van der Waals surface area contributed by atoms with Gasteiger partial charge >= 0.3 is 17.6 Å². The van der Waals surface area contributed by atoms with E-state index in [0.717, 1.165) is 5.56 Å². The van der Waals surface area contributed by atoms with Crippen LogP contribution >= 0.6 is 0 Å². The zero-order valence-corrected chi connectivity index (χ0v) is 17.3. The van der Waals surface area contributed by atoms with Crippen molar-refractivity contribution in [1.29, 1.82) is 0 Å². The quantitative estimate of drug-likeness (QED) is 0.369. The molecule has 1 amide bonds. The van der Waals surface area contributed by atoms with Gasteiger partial charge in [-0.2, -0.15) is 0 Å². The van der Waals surface area contributed by atoms with E-state index in [9.17, 15) is 19.2 Å². The number of hydrogen-bond acceptors (Lipinski definition) is 7. The van der Waals surface area contributed by atoms with E-state index in [4.69, 9.17) is 13.9 Å². The van der Waals surface area contributed by atoms with Crippen molar-refractivity contribution >= 4 is 28.8 Å². The Morgan fingerprint density at radius 3 is 2.32 bits per heavy atom. The molecule has 0 aliphatic carbocycles. The minimum absolute atomic E-state index is 0.0622. The summed E-state index contributed by atoms with van der Waals surface area (Å²) in [5.74, 6) is -1.42. The van der Waals surface area contributed by atoms with E-state index in [1.165, 1.54) is 26.0 Å². The standard InChI is InChI=1S/C23H21NO7/c1-13-18(11-21(27)24-12-16-7-5-4-6-8-16)23(28)31-20-10-17(29-14(2)25)9-19(22(13)20)30-15(3)26/h4-10H,11-12H2,1-3H3,(H,24,27). The lowest BCUT2D eigenvalue weighted by atomic mass is 10.0. The minimum atomic E-state index is -0.700. The Labute approximate surface area is 177 Å². The Bertz CT molecular complexity index is 1210. The zero-order valence-electron chi connectivity index (χ0n) is 17.3. The van der Waals surface area contributed by atoms with Gasteiger partial charge in [0.2, 0.25) is 5.91 Å². The summed E-state index contributed by atoms with van der Waals surface area (Å²) in [5.41, 5.74) is 0.881. The number of benzene rings is 2. The fourth-order valence-electron chi connectivity index (χ4n) is 3.17. The highest BCUT2D eigenvalue weighted by atomic mass is 16.5. The molecule has 0 aliphatic rings. The van der Waals surface area contributed by atoms with Crippen molar-refractivity contribution in [2.75, 3.05) is 0 Å². The third kappa shape index (κ3) is 5.36. The van der Waals surface area contributed by atoms with E-state index < -0.39 is 17.6 Å². The number of nitrogens with one attached hydrogen (secondary N) is 1. The lowest BCUT2D eigenvalue weighted by Crippen LogP contribution is -2.27. The van der Waals surface area contributed by atoms with Gasteiger partial charge in [-0.15, -0.1) is 0 Å². The first kappa shape index (κ1) is 21.8. The maximum absolute atomic E-state index is 12.6. The second-order valence-corrected chi connectivity index (χ2v) is 6.91. The monoisotopic (exact) mass is 423 g/mol. The summed E-state index contributed by atoms with van der Waals surface area (Å²) >= 11 is 0. The SMILES string of the molecule is CC(=O)Oc1cc(OC(C)=O)c2c(C)c(CC(=O)NCc3ccccc3)c(=O)oc2c1. The summed E-state index contributed by atoms with van der Waals surface area (Å²) in [5, 5.41) is 3.11. The van der Waals surface area contributed by atoms with Gasteiger partial charge in [0.05, 0.1) is 17.4 Å². The molecule has 1 aromatic heterocycles. The molecule has 1 heterocycles. The Balaban J connectivity index is 1.96. The number of esters is 2. The van der Waals surface area contributed by atoms with Crippen LogP contribution in [0.2, 0.25) is 0 Å². The van der Waals surface area contributed by atoms with E-state index in [2.05, 4.69) is 5.32 Å². The van der Waals surface area contributed by atoms with Crippen molar-refractivity contribution in [3.63, 3.8) is 0 Å². The highest BCUT2D eigenvalue weighted by molar-refractivity contribution is 5.92. The Kier molecular flexibility index (Phi) is 6.49. The van der Waals surface area contributed by atoms with Gasteiger partial charge in [0, 0.05) is 32.5 Å². The fraction of sp³-hybridized carbons (Fsp3) is 0.217. The molecule has 0 unspecified atom stereocenters. The van der Waals surface area contributed by atoms with Crippen LogP contribution in [0.4, 0.5) is 0 Å². The van der Waals surface area contributed by atoms with Crippen LogP contribution in [-0.2, 0) is 27.3 Å². The van der Waals surface area contributed by atoms with Gasteiger partial charge < -0.3 is 19.2 Å². The first-order valence-corrected chi connectivity index (χ1v) is 9.52. The highest BCUT2D eigenvalue weighted by Crippen LogP contribution is 2.34. The van der Waals surface area contributed by atoms with Crippen LogP contribution in [0.25, 0.3) is 11.0 Å². The number of amides is 1. The third-order valence-corrected chi connectivity index (χ3v) is 4.50. The first-order valence-electron chi connectivity index (χ1n) is 9.52. The van der Waals surface area contributed by atoms with Gasteiger partial charge in [-0.1, -0.05) is 30.3 Å².